The molecule has 1 amide bonds. The Kier molecular flexibility index (Phi) is 5.71. The molecule has 1 aromatic carbocycles. The summed E-state index contributed by atoms with van der Waals surface area (Å²) in [6.07, 6.45) is 2.91. The molecule has 0 radical (unpaired) electrons. The Labute approximate surface area is 127 Å². The van der Waals surface area contributed by atoms with Gasteiger partial charge >= 0.3 is 6.61 Å². The van der Waals surface area contributed by atoms with Gasteiger partial charge in [0.1, 0.15) is 0 Å². The predicted octanol–water partition coefficient (Wildman–Crippen LogP) is 1.95. The molecule has 0 saturated heterocycles. The highest BCUT2D eigenvalue weighted by atomic mass is 19.3. The van der Waals surface area contributed by atoms with Gasteiger partial charge in [0.15, 0.2) is 11.5 Å². The first-order valence-electron chi connectivity index (χ1n) is 6.90. The van der Waals surface area contributed by atoms with Gasteiger partial charge in [-0.3, -0.25) is 4.79 Å². The summed E-state index contributed by atoms with van der Waals surface area (Å²) in [4.78, 5) is 12.1. The Morgan fingerprint density at radius 3 is 2.86 bits per heavy atom. The Balaban J connectivity index is 2.03. The van der Waals surface area contributed by atoms with Gasteiger partial charge in [0, 0.05) is 18.7 Å². The zero-order valence-corrected chi connectivity index (χ0v) is 12.2. The molecule has 2 N–H and O–H groups in total. The minimum absolute atomic E-state index is 0.151. The van der Waals surface area contributed by atoms with E-state index in [9.17, 15) is 13.6 Å². The average molecular weight is 312 g/mol. The van der Waals surface area contributed by atoms with Crippen molar-refractivity contribution in [3.63, 3.8) is 0 Å². The monoisotopic (exact) mass is 312 g/mol. The van der Waals surface area contributed by atoms with Crippen LogP contribution in [0.25, 0.3) is 0 Å². The SMILES string of the molecule is COc1ccc(C(=O)NCC2=CCNCC2)cc1OC(F)F. The maximum atomic E-state index is 12.4. The summed E-state index contributed by atoms with van der Waals surface area (Å²) in [5.74, 6) is -0.356. The molecule has 2 rings (SSSR count). The molecule has 1 aliphatic rings. The Morgan fingerprint density at radius 1 is 1.41 bits per heavy atom. The number of benzene rings is 1. The van der Waals surface area contributed by atoms with E-state index in [-0.39, 0.29) is 23.0 Å². The molecule has 5 nitrogen and oxygen atoms in total. The highest BCUT2D eigenvalue weighted by molar-refractivity contribution is 5.95. The largest absolute Gasteiger partial charge is 0.493 e. The second-order valence-corrected chi connectivity index (χ2v) is 4.74. The lowest BCUT2D eigenvalue weighted by molar-refractivity contribution is -0.0512. The van der Waals surface area contributed by atoms with Gasteiger partial charge in [-0.1, -0.05) is 11.6 Å². The van der Waals surface area contributed by atoms with Crippen molar-refractivity contribution < 1.29 is 23.0 Å². The highest BCUT2D eigenvalue weighted by Crippen LogP contribution is 2.29. The molecule has 0 aromatic heterocycles. The zero-order valence-electron chi connectivity index (χ0n) is 12.2. The minimum atomic E-state index is -2.98. The molecule has 22 heavy (non-hydrogen) atoms. The minimum Gasteiger partial charge on any atom is -0.493 e. The van der Waals surface area contributed by atoms with E-state index < -0.39 is 6.61 Å². The zero-order chi connectivity index (χ0) is 15.9. The topological polar surface area (TPSA) is 59.6 Å². The summed E-state index contributed by atoms with van der Waals surface area (Å²) in [7, 11) is 1.34. The number of ether oxygens (including phenoxy) is 2. The van der Waals surface area contributed by atoms with Crippen LogP contribution in [0.15, 0.2) is 29.8 Å². The third kappa shape index (κ3) is 4.42. The smallest absolute Gasteiger partial charge is 0.387 e. The Morgan fingerprint density at radius 2 is 2.23 bits per heavy atom. The van der Waals surface area contributed by atoms with Crippen molar-refractivity contribution >= 4 is 5.91 Å². The maximum absolute atomic E-state index is 12.4. The molecule has 1 aromatic rings. The third-order valence-electron chi connectivity index (χ3n) is 3.28. The Hall–Kier alpha value is -2.15. The molecule has 0 atom stereocenters. The van der Waals surface area contributed by atoms with E-state index in [4.69, 9.17) is 4.74 Å². The number of hydrogen-bond acceptors (Lipinski definition) is 4. The van der Waals surface area contributed by atoms with Crippen LogP contribution in [-0.2, 0) is 0 Å². The van der Waals surface area contributed by atoms with Crippen LogP contribution in [0.4, 0.5) is 8.78 Å². The summed E-state index contributed by atoms with van der Waals surface area (Å²) < 4.78 is 34.0. The van der Waals surface area contributed by atoms with Gasteiger partial charge < -0.3 is 20.1 Å². The third-order valence-corrected chi connectivity index (χ3v) is 3.28. The van der Waals surface area contributed by atoms with E-state index in [2.05, 4.69) is 15.4 Å². The average Bonchev–Trinajstić information content (AvgIpc) is 2.53. The van der Waals surface area contributed by atoms with Crippen molar-refractivity contribution in [3.05, 3.63) is 35.4 Å². The van der Waals surface area contributed by atoms with Crippen LogP contribution in [-0.4, -0.2) is 39.3 Å². The van der Waals surface area contributed by atoms with Crippen molar-refractivity contribution in [2.75, 3.05) is 26.7 Å². The van der Waals surface area contributed by atoms with Crippen LogP contribution in [0, 0.1) is 0 Å². The summed E-state index contributed by atoms with van der Waals surface area (Å²) >= 11 is 0. The number of alkyl halides is 2. The number of hydrogen-bond donors (Lipinski definition) is 2. The fourth-order valence-electron chi connectivity index (χ4n) is 2.13. The molecule has 0 spiro atoms. The fraction of sp³-hybridized carbons (Fsp3) is 0.400. The quantitative estimate of drug-likeness (QED) is 0.788. The Bertz CT molecular complexity index is 562. The molecule has 1 aliphatic heterocycles. The van der Waals surface area contributed by atoms with Gasteiger partial charge in [-0.25, -0.2) is 0 Å². The fourth-order valence-corrected chi connectivity index (χ4v) is 2.13. The lowest BCUT2D eigenvalue weighted by atomic mass is 10.1. The molecule has 0 fully saturated rings. The van der Waals surface area contributed by atoms with E-state index in [0.29, 0.717) is 6.54 Å². The normalized spacial score (nSPS) is 14.5. The second kappa shape index (κ2) is 7.74. The molecule has 0 unspecified atom stereocenters. The maximum Gasteiger partial charge on any atom is 0.387 e. The van der Waals surface area contributed by atoms with Crippen LogP contribution >= 0.6 is 0 Å². The number of amides is 1. The summed E-state index contributed by atoms with van der Waals surface area (Å²) in [6, 6.07) is 4.18. The lowest BCUT2D eigenvalue weighted by Crippen LogP contribution is -2.29. The van der Waals surface area contributed by atoms with Crippen LogP contribution < -0.4 is 20.1 Å². The molecular formula is C15H18F2N2O3. The molecule has 0 aliphatic carbocycles. The van der Waals surface area contributed by atoms with Crippen LogP contribution in [0.3, 0.4) is 0 Å². The van der Waals surface area contributed by atoms with Crippen LogP contribution in [0.1, 0.15) is 16.8 Å². The molecule has 0 bridgehead atoms. The van der Waals surface area contributed by atoms with Gasteiger partial charge in [-0.05, 0) is 31.2 Å². The van der Waals surface area contributed by atoms with Crippen LogP contribution in [0.5, 0.6) is 11.5 Å². The predicted molar refractivity (Wildman–Crippen MR) is 77.5 cm³/mol. The van der Waals surface area contributed by atoms with E-state index in [1.165, 1.54) is 25.3 Å². The number of carbonyl (C=O) groups is 1. The number of carbonyl (C=O) groups excluding carboxylic acids is 1. The summed E-state index contributed by atoms with van der Waals surface area (Å²) in [5.41, 5.74) is 1.38. The van der Waals surface area contributed by atoms with E-state index in [1.54, 1.807) is 0 Å². The van der Waals surface area contributed by atoms with Crippen molar-refractivity contribution in [2.24, 2.45) is 0 Å². The van der Waals surface area contributed by atoms with Crippen LogP contribution in [0.2, 0.25) is 0 Å². The van der Waals surface area contributed by atoms with E-state index >= 15 is 0 Å². The second-order valence-electron chi connectivity index (χ2n) is 4.74. The van der Waals surface area contributed by atoms with Crippen molar-refractivity contribution in [3.8, 4) is 11.5 Å². The molecule has 1 heterocycles. The summed E-state index contributed by atoms with van der Waals surface area (Å²) in [6.45, 7) is -0.860. The summed E-state index contributed by atoms with van der Waals surface area (Å²) in [5, 5.41) is 5.95. The van der Waals surface area contributed by atoms with E-state index in [1.807, 2.05) is 6.08 Å². The number of nitrogens with one attached hydrogen (secondary N) is 2. The van der Waals surface area contributed by atoms with Gasteiger partial charge in [0.05, 0.1) is 7.11 Å². The van der Waals surface area contributed by atoms with Gasteiger partial charge in [-0.2, -0.15) is 8.78 Å². The standard InChI is InChI=1S/C15H18F2N2O3/c1-21-12-3-2-11(8-13(12)22-15(16)17)14(20)19-9-10-4-6-18-7-5-10/h2-4,8,15,18H,5-7,9H2,1H3,(H,19,20). The molecular weight excluding hydrogens is 294 g/mol. The molecule has 0 saturated carbocycles. The number of rotatable bonds is 6. The first-order chi connectivity index (χ1) is 10.6. The van der Waals surface area contributed by atoms with Crippen molar-refractivity contribution in [2.45, 2.75) is 13.0 Å². The number of halogens is 2. The number of methoxy groups -OCH3 is 1. The van der Waals surface area contributed by atoms with Gasteiger partial charge in [0.2, 0.25) is 0 Å². The van der Waals surface area contributed by atoms with Gasteiger partial charge in [-0.15, -0.1) is 0 Å². The lowest BCUT2D eigenvalue weighted by Gasteiger charge is -2.15. The van der Waals surface area contributed by atoms with Crippen molar-refractivity contribution in [1.29, 1.82) is 0 Å². The molecule has 120 valence electrons. The van der Waals surface area contributed by atoms with Gasteiger partial charge in [0.25, 0.3) is 5.91 Å². The van der Waals surface area contributed by atoms with Crippen molar-refractivity contribution in [1.82, 2.24) is 10.6 Å². The highest BCUT2D eigenvalue weighted by Gasteiger charge is 2.15. The molecule has 7 heteroatoms. The first-order valence-corrected chi connectivity index (χ1v) is 6.90. The first kappa shape index (κ1) is 16.2. The van der Waals surface area contributed by atoms with E-state index in [0.717, 1.165) is 25.1 Å².